The van der Waals surface area contributed by atoms with Gasteiger partial charge in [0.05, 0.1) is 19.0 Å². The zero-order chi connectivity index (χ0) is 16.7. The fourth-order valence-corrected chi connectivity index (χ4v) is 3.33. The summed E-state index contributed by atoms with van der Waals surface area (Å²) in [7, 11) is -1.16. The number of hydrogen-bond acceptors (Lipinski definition) is 5. The van der Waals surface area contributed by atoms with E-state index >= 15 is 0 Å². The molecule has 2 heterocycles. The lowest BCUT2D eigenvalue weighted by Crippen LogP contribution is -2.43. The lowest BCUT2D eigenvalue weighted by molar-refractivity contribution is 0.153. The van der Waals surface area contributed by atoms with Gasteiger partial charge in [-0.3, -0.25) is 9.89 Å². The first-order chi connectivity index (χ1) is 11.0. The summed E-state index contributed by atoms with van der Waals surface area (Å²) in [5.74, 6) is 0.964. The fourth-order valence-electron chi connectivity index (χ4n) is 2.90. The molecule has 0 bridgehead atoms. The molecule has 2 aliphatic heterocycles. The molecule has 1 unspecified atom stereocenters. The Hall–Kier alpha value is -1.12. The zero-order valence-corrected chi connectivity index (χ0v) is 14.9. The van der Waals surface area contributed by atoms with Crippen LogP contribution >= 0.6 is 0 Å². The Morgan fingerprint density at radius 2 is 2.09 bits per heavy atom. The van der Waals surface area contributed by atoms with Gasteiger partial charge in [-0.1, -0.05) is 12.2 Å². The van der Waals surface area contributed by atoms with Crippen LogP contribution in [0.1, 0.15) is 6.42 Å². The van der Waals surface area contributed by atoms with Crippen LogP contribution in [0.4, 0.5) is 0 Å². The number of likely N-dealkylation sites (tertiary alicyclic amines) is 1. The number of ether oxygens (including phenoxy) is 1. The van der Waals surface area contributed by atoms with Crippen molar-refractivity contribution in [3.63, 3.8) is 0 Å². The van der Waals surface area contributed by atoms with Gasteiger partial charge >= 0.3 is 0 Å². The van der Waals surface area contributed by atoms with Gasteiger partial charge in [0.15, 0.2) is 5.96 Å². The van der Waals surface area contributed by atoms with Gasteiger partial charge in [0.2, 0.25) is 0 Å². The number of hydrogen-bond donors (Lipinski definition) is 1. The van der Waals surface area contributed by atoms with E-state index in [-0.39, 0.29) is 12.4 Å². The molecule has 0 saturated carbocycles. The highest BCUT2D eigenvalue weighted by atomic mass is 32.2. The molecule has 7 nitrogen and oxygen atoms in total. The molecule has 1 N–H and O–H groups in total. The minimum Gasteiger partial charge on any atom is -0.379 e. The van der Waals surface area contributed by atoms with Gasteiger partial charge in [-0.25, -0.2) is 8.42 Å². The highest BCUT2D eigenvalue weighted by Gasteiger charge is 2.29. The lowest BCUT2D eigenvalue weighted by atomic mass is 10.2. The molecule has 0 aromatic carbocycles. The van der Waals surface area contributed by atoms with Crippen molar-refractivity contribution in [2.24, 2.45) is 4.99 Å². The molecule has 8 heteroatoms. The third-order valence-electron chi connectivity index (χ3n) is 4.17. The monoisotopic (exact) mass is 344 g/mol. The molecule has 0 radical (unpaired) electrons. The van der Waals surface area contributed by atoms with Crippen molar-refractivity contribution in [1.82, 2.24) is 15.1 Å². The van der Waals surface area contributed by atoms with Crippen LogP contribution in [0.25, 0.3) is 0 Å². The summed E-state index contributed by atoms with van der Waals surface area (Å²) < 4.78 is 27.3. The summed E-state index contributed by atoms with van der Waals surface area (Å²) in [5, 5.41) is 3.29. The maximum atomic E-state index is 11.0. The van der Waals surface area contributed by atoms with Crippen LogP contribution in [-0.2, 0) is 14.6 Å². The first-order valence-electron chi connectivity index (χ1n) is 8.10. The van der Waals surface area contributed by atoms with Gasteiger partial charge in [0.25, 0.3) is 0 Å². The van der Waals surface area contributed by atoms with Crippen molar-refractivity contribution in [3.05, 3.63) is 12.2 Å². The van der Waals surface area contributed by atoms with Gasteiger partial charge in [0.1, 0.15) is 9.84 Å². The van der Waals surface area contributed by atoms with E-state index in [2.05, 4.69) is 32.3 Å². The van der Waals surface area contributed by atoms with Crippen LogP contribution in [0.2, 0.25) is 0 Å². The standard InChI is InChI=1S/C15H28N4O3S/c1-16-15(17-6-10-22-11-12-23(2,20)21)19-9-5-14(13-19)18-7-3-4-8-18/h3-4,14H,5-13H2,1-2H3,(H,16,17). The molecule has 1 saturated heterocycles. The Kier molecular flexibility index (Phi) is 6.86. The van der Waals surface area contributed by atoms with E-state index in [4.69, 9.17) is 4.74 Å². The van der Waals surface area contributed by atoms with E-state index in [1.807, 2.05) is 0 Å². The molecule has 0 aromatic heterocycles. The summed E-state index contributed by atoms with van der Waals surface area (Å²) in [4.78, 5) is 9.10. The Labute approximate surface area is 139 Å². The van der Waals surface area contributed by atoms with Gasteiger partial charge < -0.3 is 15.0 Å². The minimum atomic E-state index is -2.95. The first kappa shape index (κ1) is 18.2. The van der Waals surface area contributed by atoms with Gasteiger partial charge in [0, 0.05) is 52.1 Å². The van der Waals surface area contributed by atoms with Crippen molar-refractivity contribution < 1.29 is 13.2 Å². The fraction of sp³-hybridized carbons (Fsp3) is 0.800. The van der Waals surface area contributed by atoms with Gasteiger partial charge in [-0.2, -0.15) is 0 Å². The van der Waals surface area contributed by atoms with E-state index in [1.165, 1.54) is 6.26 Å². The zero-order valence-electron chi connectivity index (χ0n) is 14.1. The third kappa shape index (κ3) is 6.12. The Morgan fingerprint density at radius 1 is 1.35 bits per heavy atom. The largest absolute Gasteiger partial charge is 0.379 e. The molecule has 1 atom stereocenters. The summed E-state index contributed by atoms with van der Waals surface area (Å²) >= 11 is 0. The number of nitrogens with one attached hydrogen (secondary N) is 1. The molecule has 1 fully saturated rings. The smallest absolute Gasteiger partial charge is 0.193 e. The summed E-state index contributed by atoms with van der Waals surface area (Å²) in [6.07, 6.45) is 6.83. The molecule has 23 heavy (non-hydrogen) atoms. The molecule has 2 aliphatic rings. The van der Waals surface area contributed by atoms with Crippen molar-refractivity contribution in [2.75, 3.05) is 65.0 Å². The second kappa shape index (κ2) is 8.65. The summed E-state index contributed by atoms with van der Waals surface area (Å²) in [5.41, 5.74) is 0. The molecular formula is C15H28N4O3S. The van der Waals surface area contributed by atoms with E-state index in [1.54, 1.807) is 7.05 Å². The molecule has 0 aliphatic carbocycles. The topological polar surface area (TPSA) is 74.2 Å². The predicted molar refractivity (Wildman–Crippen MR) is 92.6 cm³/mol. The number of rotatable bonds is 7. The quantitative estimate of drug-likeness (QED) is 0.292. The average molecular weight is 344 g/mol. The molecule has 2 rings (SSSR count). The normalized spacial score (nSPS) is 23.0. The van der Waals surface area contributed by atoms with Crippen molar-refractivity contribution in [2.45, 2.75) is 12.5 Å². The first-order valence-corrected chi connectivity index (χ1v) is 10.2. The molecule has 0 aromatic rings. The number of nitrogens with zero attached hydrogens (tertiary/aromatic N) is 3. The minimum absolute atomic E-state index is 0.0688. The van der Waals surface area contributed by atoms with Crippen molar-refractivity contribution in [1.29, 1.82) is 0 Å². The molecular weight excluding hydrogens is 316 g/mol. The van der Waals surface area contributed by atoms with Crippen LogP contribution in [0.3, 0.4) is 0 Å². The maximum Gasteiger partial charge on any atom is 0.193 e. The highest BCUT2D eigenvalue weighted by molar-refractivity contribution is 7.90. The Bertz CT molecular complexity index is 525. The van der Waals surface area contributed by atoms with Gasteiger partial charge in [-0.15, -0.1) is 0 Å². The van der Waals surface area contributed by atoms with Crippen LogP contribution in [0, 0.1) is 0 Å². The highest BCUT2D eigenvalue weighted by Crippen LogP contribution is 2.17. The number of sulfone groups is 1. The van der Waals surface area contributed by atoms with Crippen LogP contribution in [0.5, 0.6) is 0 Å². The molecule has 0 spiro atoms. The van der Waals surface area contributed by atoms with E-state index in [9.17, 15) is 8.42 Å². The second-order valence-electron chi connectivity index (χ2n) is 6.03. The maximum absolute atomic E-state index is 11.0. The Balaban J connectivity index is 1.64. The average Bonchev–Trinajstić information content (AvgIpc) is 3.16. The number of guanidine groups is 1. The van der Waals surface area contributed by atoms with Gasteiger partial charge in [-0.05, 0) is 6.42 Å². The van der Waals surface area contributed by atoms with E-state index in [0.29, 0.717) is 19.2 Å². The van der Waals surface area contributed by atoms with Crippen LogP contribution in [-0.4, -0.2) is 95.2 Å². The predicted octanol–water partition coefficient (Wildman–Crippen LogP) is -0.431. The van der Waals surface area contributed by atoms with E-state index in [0.717, 1.165) is 38.6 Å². The molecule has 0 amide bonds. The van der Waals surface area contributed by atoms with Crippen molar-refractivity contribution >= 4 is 15.8 Å². The van der Waals surface area contributed by atoms with E-state index < -0.39 is 9.84 Å². The number of aliphatic imine (C=N–C) groups is 1. The third-order valence-corrected chi connectivity index (χ3v) is 5.07. The van der Waals surface area contributed by atoms with Crippen LogP contribution < -0.4 is 5.32 Å². The lowest BCUT2D eigenvalue weighted by Gasteiger charge is -2.25. The SMILES string of the molecule is CN=C(NCCOCCS(C)(=O)=O)N1CCC(N2CC=CC2)C1. The summed E-state index contributed by atoms with van der Waals surface area (Å²) in [6, 6.07) is 0.592. The Morgan fingerprint density at radius 3 is 2.74 bits per heavy atom. The second-order valence-corrected chi connectivity index (χ2v) is 8.29. The summed E-state index contributed by atoms with van der Waals surface area (Å²) in [6.45, 7) is 5.46. The van der Waals surface area contributed by atoms with Crippen LogP contribution in [0.15, 0.2) is 17.1 Å². The molecule has 132 valence electrons. The van der Waals surface area contributed by atoms with Crippen molar-refractivity contribution in [3.8, 4) is 0 Å².